The number of nitrogens with zero attached hydrogens (tertiary/aromatic N) is 1. The summed E-state index contributed by atoms with van der Waals surface area (Å²) in [6, 6.07) is 15.6. The lowest BCUT2D eigenvalue weighted by molar-refractivity contribution is -0.132. The normalized spacial score (nSPS) is 17.2. The SMILES string of the molecule is COc1ccc(N2C(=O)C(=O)/C(=C(/O)c3cccc(OC(C)C)c3)C2c2ccccc2F)cc1Cl. The summed E-state index contributed by atoms with van der Waals surface area (Å²) in [5, 5.41) is 11.5. The van der Waals surface area contributed by atoms with Crippen LogP contribution in [0.15, 0.2) is 72.3 Å². The number of halogens is 2. The lowest BCUT2D eigenvalue weighted by atomic mass is 9.94. The molecule has 35 heavy (non-hydrogen) atoms. The van der Waals surface area contributed by atoms with Gasteiger partial charge in [0, 0.05) is 16.8 Å². The van der Waals surface area contributed by atoms with E-state index in [1.54, 1.807) is 42.5 Å². The van der Waals surface area contributed by atoms with Gasteiger partial charge in [-0.1, -0.05) is 41.9 Å². The van der Waals surface area contributed by atoms with Gasteiger partial charge < -0.3 is 14.6 Å². The number of ketones is 1. The lowest BCUT2D eigenvalue weighted by Gasteiger charge is -2.26. The fourth-order valence-electron chi connectivity index (χ4n) is 4.04. The van der Waals surface area contributed by atoms with Crippen molar-refractivity contribution in [3.05, 3.63) is 94.3 Å². The fourth-order valence-corrected chi connectivity index (χ4v) is 4.29. The maximum Gasteiger partial charge on any atom is 0.300 e. The average molecular weight is 496 g/mol. The van der Waals surface area contributed by atoms with E-state index < -0.39 is 29.3 Å². The molecular weight excluding hydrogens is 473 g/mol. The van der Waals surface area contributed by atoms with Crippen molar-refractivity contribution < 1.29 is 28.6 Å². The van der Waals surface area contributed by atoms with Crippen molar-refractivity contribution in [3.8, 4) is 11.5 Å². The molecule has 0 spiro atoms. The highest BCUT2D eigenvalue weighted by atomic mass is 35.5. The number of carbonyl (C=O) groups is 2. The first kappa shape index (κ1) is 24.3. The summed E-state index contributed by atoms with van der Waals surface area (Å²) in [6.07, 6.45) is -0.115. The highest BCUT2D eigenvalue weighted by Crippen LogP contribution is 2.44. The van der Waals surface area contributed by atoms with Gasteiger partial charge >= 0.3 is 0 Å². The summed E-state index contributed by atoms with van der Waals surface area (Å²) >= 11 is 6.27. The van der Waals surface area contributed by atoms with Crippen molar-refractivity contribution in [1.82, 2.24) is 0 Å². The van der Waals surface area contributed by atoms with Gasteiger partial charge in [-0.3, -0.25) is 14.5 Å². The molecule has 0 saturated carbocycles. The van der Waals surface area contributed by atoms with E-state index in [0.717, 1.165) is 4.90 Å². The Bertz CT molecular complexity index is 1340. The van der Waals surface area contributed by atoms with Crippen molar-refractivity contribution in [2.45, 2.75) is 26.0 Å². The third kappa shape index (κ3) is 4.59. The van der Waals surface area contributed by atoms with Crippen LogP contribution in [0.3, 0.4) is 0 Å². The van der Waals surface area contributed by atoms with Crippen LogP contribution < -0.4 is 14.4 Å². The van der Waals surface area contributed by atoms with Gasteiger partial charge in [-0.2, -0.15) is 0 Å². The summed E-state index contributed by atoms with van der Waals surface area (Å²) in [4.78, 5) is 27.6. The smallest absolute Gasteiger partial charge is 0.300 e. The van der Waals surface area contributed by atoms with Crippen molar-refractivity contribution in [2.75, 3.05) is 12.0 Å². The molecule has 1 saturated heterocycles. The Morgan fingerprint density at radius 1 is 1.06 bits per heavy atom. The minimum atomic E-state index is -1.23. The minimum absolute atomic E-state index is 0.0507. The van der Waals surface area contributed by atoms with Gasteiger partial charge in [0.25, 0.3) is 11.7 Å². The Balaban J connectivity index is 1.93. The van der Waals surface area contributed by atoms with Gasteiger partial charge in [0.2, 0.25) is 0 Å². The number of benzene rings is 3. The Labute approximate surface area is 207 Å². The van der Waals surface area contributed by atoms with Gasteiger partial charge in [-0.25, -0.2) is 4.39 Å². The molecule has 0 aliphatic carbocycles. The number of hydrogen-bond acceptors (Lipinski definition) is 5. The molecule has 1 heterocycles. The molecule has 1 N–H and O–H groups in total. The first-order valence-electron chi connectivity index (χ1n) is 10.9. The molecule has 0 bridgehead atoms. The van der Waals surface area contributed by atoms with E-state index >= 15 is 4.39 Å². The summed E-state index contributed by atoms with van der Waals surface area (Å²) in [5.74, 6) is -2.09. The number of carbonyl (C=O) groups excluding carboxylic acids is 2. The van der Waals surface area contributed by atoms with Crippen LogP contribution in [0, 0.1) is 5.82 Å². The molecule has 1 fully saturated rings. The molecule has 1 amide bonds. The highest BCUT2D eigenvalue weighted by molar-refractivity contribution is 6.51. The van der Waals surface area contributed by atoms with Crippen LogP contribution in [0.2, 0.25) is 5.02 Å². The topological polar surface area (TPSA) is 76.1 Å². The fraction of sp³-hybridized carbons (Fsp3) is 0.185. The summed E-state index contributed by atoms with van der Waals surface area (Å²) in [7, 11) is 1.45. The van der Waals surface area contributed by atoms with E-state index in [4.69, 9.17) is 21.1 Å². The molecule has 3 aromatic carbocycles. The lowest BCUT2D eigenvalue weighted by Crippen LogP contribution is -2.29. The predicted molar refractivity (Wildman–Crippen MR) is 131 cm³/mol. The van der Waals surface area contributed by atoms with E-state index in [1.807, 2.05) is 13.8 Å². The number of hydrogen-bond donors (Lipinski definition) is 1. The number of Topliss-reactive ketones (excluding diaryl/α,β-unsaturated/α-hetero) is 1. The minimum Gasteiger partial charge on any atom is -0.507 e. The summed E-state index contributed by atoms with van der Waals surface area (Å²) in [5.41, 5.74) is 0.320. The molecule has 0 radical (unpaired) electrons. The summed E-state index contributed by atoms with van der Waals surface area (Å²) in [6.45, 7) is 3.71. The Kier molecular flexibility index (Phi) is 6.80. The van der Waals surface area contributed by atoms with Gasteiger partial charge in [0.15, 0.2) is 0 Å². The van der Waals surface area contributed by atoms with Crippen LogP contribution in [0.25, 0.3) is 5.76 Å². The molecule has 180 valence electrons. The van der Waals surface area contributed by atoms with E-state index in [-0.39, 0.29) is 33.5 Å². The number of amides is 1. The van der Waals surface area contributed by atoms with E-state index in [1.165, 1.54) is 31.4 Å². The predicted octanol–water partition coefficient (Wildman–Crippen LogP) is 5.90. The Morgan fingerprint density at radius 3 is 2.46 bits per heavy atom. The molecule has 1 aliphatic heterocycles. The monoisotopic (exact) mass is 495 g/mol. The second-order valence-corrected chi connectivity index (χ2v) is 8.61. The Hall–Kier alpha value is -3.84. The van der Waals surface area contributed by atoms with Crippen LogP contribution in [0.4, 0.5) is 10.1 Å². The molecule has 3 aromatic rings. The number of aliphatic hydroxyl groups excluding tert-OH is 1. The van der Waals surface area contributed by atoms with Crippen LogP contribution in [-0.4, -0.2) is 30.0 Å². The third-order valence-electron chi connectivity index (χ3n) is 5.54. The second kappa shape index (κ2) is 9.80. The van der Waals surface area contributed by atoms with Crippen molar-refractivity contribution >= 4 is 34.7 Å². The molecule has 0 aromatic heterocycles. The largest absolute Gasteiger partial charge is 0.507 e. The Morgan fingerprint density at radius 2 is 1.80 bits per heavy atom. The zero-order valence-electron chi connectivity index (χ0n) is 19.3. The first-order valence-corrected chi connectivity index (χ1v) is 11.3. The number of aliphatic hydroxyl groups is 1. The van der Waals surface area contributed by atoms with Crippen molar-refractivity contribution in [3.63, 3.8) is 0 Å². The molecule has 8 heteroatoms. The van der Waals surface area contributed by atoms with Gasteiger partial charge in [-0.15, -0.1) is 0 Å². The number of anilines is 1. The van der Waals surface area contributed by atoms with Crippen molar-refractivity contribution in [2.24, 2.45) is 0 Å². The standard InChI is InChI=1S/C27H23ClFNO5/c1-15(2)35-18-8-6-7-16(13-18)25(31)23-24(19-9-4-5-10-21(19)29)30(27(33)26(23)32)17-11-12-22(34-3)20(28)14-17/h4-15,24,31H,1-3H3/b25-23+. The highest BCUT2D eigenvalue weighted by Gasteiger charge is 2.48. The average Bonchev–Trinajstić information content (AvgIpc) is 3.09. The molecular formula is C27H23ClFNO5. The quantitative estimate of drug-likeness (QED) is 0.262. The molecule has 1 atom stereocenters. The number of methoxy groups -OCH3 is 1. The maximum absolute atomic E-state index is 15.0. The van der Waals surface area contributed by atoms with Crippen molar-refractivity contribution in [1.29, 1.82) is 0 Å². The van der Waals surface area contributed by atoms with Crippen LogP contribution in [-0.2, 0) is 9.59 Å². The second-order valence-electron chi connectivity index (χ2n) is 8.20. The van der Waals surface area contributed by atoms with E-state index in [2.05, 4.69) is 0 Å². The van der Waals surface area contributed by atoms with Gasteiger partial charge in [0.05, 0.1) is 29.9 Å². The van der Waals surface area contributed by atoms with Crippen LogP contribution in [0.5, 0.6) is 11.5 Å². The molecule has 6 nitrogen and oxygen atoms in total. The van der Waals surface area contributed by atoms with Crippen LogP contribution in [0.1, 0.15) is 31.0 Å². The summed E-state index contributed by atoms with van der Waals surface area (Å²) < 4.78 is 25.9. The zero-order chi connectivity index (χ0) is 25.3. The maximum atomic E-state index is 15.0. The molecule has 1 aliphatic rings. The first-order chi connectivity index (χ1) is 16.7. The third-order valence-corrected chi connectivity index (χ3v) is 5.83. The number of rotatable bonds is 6. The molecule has 1 unspecified atom stereocenters. The zero-order valence-corrected chi connectivity index (χ0v) is 20.0. The van der Waals surface area contributed by atoms with Crippen LogP contribution >= 0.6 is 11.6 Å². The number of ether oxygens (including phenoxy) is 2. The van der Waals surface area contributed by atoms with Gasteiger partial charge in [0.1, 0.15) is 23.1 Å². The van der Waals surface area contributed by atoms with E-state index in [9.17, 15) is 14.7 Å². The molecule has 4 rings (SSSR count). The van der Waals surface area contributed by atoms with Gasteiger partial charge in [-0.05, 0) is 50.2 Å². The van der Waals surface area contributed by atoms with E-state index in [0.29, 0.717) is 11.5 Å².